The van der Waals surface area contributed by atoms with Crippen molar-refractivity contribution < 1.29 is 0 Å². The van der Waals surface area contributed by atoms with Crippen LogP contribution in [0.3, 0.4) is 0 Å². The quantitative estimate of drug-likeness (QED) is 0.736. The zero-order valence-corrected chi connectivity index (χ0v) is 8.59. The van der Waals surface area contributed by atoms with E-state index in [2.05, 4.69) is 10.1 Å². The summed E-state index contributed by atoms with van der Waals surface area (Å²) in [4.78, 5) is 16.3. The lowest BCUT2D eigenvalue weighted by atomic mass is 10.2. The van der Waals surface area contributed by atoms with Gasteiger partial charge in [-0.1, -0.05) is 6.92 Å². The lowest BCUT2D eigenvalue weighted by molar-refractivity contribution is 0.856. The molecule has 0 amide bonds. The number of nitrogens with zero attached hydrogens (tertiary/aromatic N) is 2. The Morgan fingerprint density at radius 2 is 2.21 bits per heavy atom. The van der Waals surface area contributed by atoms with Crippen molar-refractivity contribution in [1.29, 1.82) is 0 Å². The fourth-order valence-electron chi connectivity index (χ4n) is 1.60. The SMILES string of the molecule is CCc1nc2c(C)c[nH]n2c(=O)c1C. The molecule has 2 aromatic heterocycles. The summed E-state index contributed by atoms with van der Waals surface area (Å²) in [6.45, 7) is 5.76. The summed E-state index contributed by atoms with van der Waals surface area (Å²) in [5, 5.41) is 2.89. The van der Waals surface area contributed by atoms with E-state index in [0.717, 1.165) is 28.9 Å². The van der Waals surface area contributed by atoms with Crippen LogP contribution in [-0.4, -0.2) is 14.6 Å². The second-order valence-corrected chi connectivity index (χ2v) is 3.46. The largest absolute Gasteiger partial charge is 0.297 e. The number of rotatable bonds is 1. The Bertz CT molecular complexity index is 536. The van der Waals surface area contributed by atoms with Crippen molar-refractivity contribution in [3.8, 4) is 0 Å². The van der Waals surface area contributed by atoms with Gasteiger partial charge in [0.1, 0.15) is 0 Å². The molecule has 2 aromatic rings. The Balaban J connectivity index is 2.95. The minimum atomic E-state index is -0.0000463. The van der Waals surface area contributed by atoms with Crippen molar-refractivity contribution in [2.24, 2.45) is 0 Å². The maximum absolute atomic E-state index is 11.8. The van der Waals surface area contributed by atoms with Crippen LogP contribution in [0.25, 0.3) is 5.65 Å². The third-order valence-corrected chi connectivity index (χ3v) is 2.51. The van der Waals surface area contributed by atoms with Crippen LogP contribution in [0.4, 0.5) is 0 Å². The van der Waals surface area contributed by atoms with Crippen molar-refractivity contribution in [3.63, 3.8) is 0 Å². The number of aromatic nitrogens is 3. The Labute approximate surface area is 81.6 Å². The number of aromatic amines is 1. The van der Waals surface area contributed by atoms with Crippen LogP contribution in [-0.2, 0) is 6.42 Å². The monoisotopic (exact) mass is 191 g/mol. The van der Waals surface area contributed by atoms with Crippen LogP contribution >= 0.6 is 0 Å². The third-order valence-electron chi connectivity index (χ3n) is 2.51. The summed E-state index contributed by atoms with van der Waals surface area (Å²) in [5.41, 5.74) is 3.35. The molecule has 0 unspecified atom stereocenters. The van der Waals surface area contributed by atoms with Gasteiger partial charge in [0.05, 0.1) is 5.69 Å². The lowest BCUT2D eigenvalue weighted by Gasteiger charge is -2.02. The summed E-state index contributed by atoms with van der Waals surface area (Å²) in [7, 11) is 0. The zero-order valence-electron chi connectivity index (χ0n) is 8.59. The molecule has 0 aliphatic rings. The molecule has 2 rings (SSSR count). The van der Waals surface area contributed by atoms with E-state index in [4.69, 9.17) is 0 Å². The molecule has 14 heavy (non-hydrogen) atoms. The molecule has 1 N–H and O–H groups in total. The van der Waals surface area contributed by atoms with Gasteiger partial charge in [-0.05, 0) is 20.3 Å². The van der Waals surface area contributed by atoms with Gasteiger partial charge in [0.2, 0.25) is 0 Å². The van der Waals surface area contributed by atoms with Crippen LogP contribution in [0, 0.1) is 13.8 Å². The molecule has 0 spiro atoms. The summed E-state index contributed by atoms with van der Waals surface area (Å²) < 4.78 is 1.49. The summed E-state index contributed by atoms with van der Waals surface area (Å²) in [6, 6.07) is 0. The molecule has 4 heteroatoms. The van der Waals surface area contributed by atoms with E-state index >= 15 is 0 Å². The molecule has 0 aliphatic heterocycles. The Morgan fingerprint density at radius 3 is 2.86 bits per heavy atom. The first-order chi connectivity index (χ1) is 6.65. The minimum absolute atomic E-state index is 0.0000463. The molecule has 0 radical (unpaired) electrons. The predicted molar refractivity (Wildman–Crippen MR) is 54.7 cm³/mol. The van der Waals surface area contributed by atoms with Gasteiger partial charge in [-0.3, -0.25) is 9.89 Å². The molecular formula is C10H13N3O. The number of hydrogen-bond acceptors (Lipinski definition) is 2. The molecular weight excluding hydrogens is 178 g/mol. The number of H-pyrrole nitrogens is 1. The highest BCUT2D eigenvalue weighted by molar-refractivity contribution is 5.46. The predicted octanol–water partition coefficient (Wildman–Crippen LogP) is 1.20. The molecule has 4 nitrogen and oxygen atoms in total. The molecule has 0 fully saturated rings. The van der Waals surface area contributed by atoms with Crippen LogP contribution < -0.4 is 5.56 Å². The van der Waals surface area contributed by atoms with Crippen molar-refractivity contribution in [2.75, 3.05) is 0 Å². The second kappa shape index (κ2) is 2.97. The fourth-order valence-corrected chi connectivity index (χ4v) is 1.60. The maximum Gasteiger partial charge on any atom is 0.275 e. The topological polar surface area (TPSA) is 50.2 Å². The Kier molecular flexibility index (Phi) is 1.91. The van der Waals surface area contributed by atoms with Crippen LogP contribution in [0.1, 0.15) is 23.7 Å². The van der Waals surface area contributed by atoms with Crippen LogP contribution in [0.2, 0.25) is 0 Å². The van der Waals surface area contributed by atoms with Gasteiger partial charge < -0.3 is 0 Å². The third kappa shape index (κ3) is 1.07. The van der Waals surface area contributed by atoms with E-state index in [-0.39, 0.29) is 5.56 Å². The minimum Gasteiger partial charge on any atom is -0.297 e. The summed E-state index contributed by atoms with van der Waals surface area (Å²) in [5.74, 6) is 0. The van der Waals surface area contributed by atoms with E-state index in [1.165, 1.54) is 4.52 Å². The first-order valence-corrected chi connectivity index (χ1v) is 4.71. The molecule has 2 heterocycles. The van der Waals surface area contributed by atoms with Gasteiger partial charge in [-0.2, -0.15) is 0 Å². The molecule has 0 atom stereocenters. The van der Waals surface area contributed by atoms with Gasteiger partial charge in [0.15, 0.2) is 5.65 Å². The highest BCUT2D eigenvalue weighted by atomic mass is 16.1. The highest BCUT2D eigenvalue weighted by Crippen LogP contribution is 2.07. The van der Waals surface area contributed by atoms with Gasteiger partial charge in [0, 0.05) is 17.3 Å². The Hall–Kier alpha value is -1.58. The molecule has 74 valence electrons. The van der Waals surface area contributed by atoms with Crippen molar-refractivity contribution in [2.45, 2.75) is 27.2 Å². The Morgan fingerprint density at radius 1 is 1.50 bits per heavy atom. The normalized spacial score (nSPS) is 11.1. The summed E-state index contributed by atoms with van der Waals surface area (Å²) in [6.07, 6.45) is 2.59. The van der Waals surface area contributed by atoms with Gasteiger partial charge in [-0.15, -0.1) is 0 Å². The standard InChI is InChI=1S/C10H13N3O/c1-4-8-7(3)10(14)13-9(12-8)6(2)5-11-13/h5,11H,4H2,1-3H3. The lowest BCUT2D eigenvalue weighted by Crippen LogP contribution is -2.20. The number of fused-ring (bicyclic) bond motifs is 1. The van der Waals surface area contributed by atoms with E-state index in [0.29, 0.717) is 0 Å². The average Bonchev–Trinajstić information content (AvgIpc) is 2.54. The van der Waals surface area contributed by atoms with Gasteiger partial charge >= 0.3 is 0 Å². The molecule has 0 aliphatic carbocycles. The van der Waals surface area contributed by atoms with E-state index < -0.39 is 0 Å². The maximum atomic E-state index is 11.8. The van der Waals surface area contributed by atoms with E-state index in [1.807, 2.05) is 20.8 Å². The zero-order chi connectivity index (χ0) is 10.3. The average molecular weight is 191 g/mol. The van der Waals surface area contributed by atoms with E-state index in [1.54, 1.807) is 6.20 Å². The van der Waals surface area contributed by atoms with Crippen molar-refractivity contribution in [1.82, 2.24) is 14.6 Å². The van der Waals surface area contributed by atoms with Gasteiger partial charge in [-0.25, -0.2) is 9.50 Å². The second-order valence-electron chi connectivity index (χ2n) is 3.46. The molecule has 0 aromatic carbocycles. The fraction of sp³-hybridized carbons (Fsp3) is 0.400. The van der Waals surface area contributed by atoms with Crippen molar-refractivity contribution in [3.05, 3.63) is 33.4 Å². The number of nitrogens with one attached hydrogen (secondary N) is 1. The van der Waals surface area contributed by atoms with Crippen LogP contribution in [0.5, 0.6) is 0 Å². The van der Waals surface area contributed by atoms with Crippen molar-refractivity contribution >= 4 is 5.65 Å². The van der Waals surface area contributed by atoms with Gasteiger partial charge in [0.25, 0.3) is 5.56 Å². The van der Waals surface area contributed by atoms with Crippen LogP contribution in [0.15, 0.2) is 11.0 Å². The summed E-state index contributed by atoms with van der Waals surface area (Å²) >= 11 is 0. The number of hydrogen-bond donors (Lipinski definition) is 1. The first-order valence-electron chi connectivity index (χ1n) is 4.71. The smallest absolute Gasteiger partial charge is 0.275 e. The van der Waals surface area contributed by atoms with E-state index in [9.17, 15) is 4.79 Å². The molecule has 0 saturated heterocycles. The first kappa shape index (κ1) is 8.99. The highest BCUT2D eigenvalue weighted by Gasteiger charge is 2.09. The molecule has 0 bridgehead atoms. The number of aryl methyl sites for hydroxylation is 2. The molecule has 0 saturated carbocycles.